The molecule has 8 heteroatoms. The van der Waals surface area contributed by atoms with Crippen molar-refractivity contribution in [1.82, 2.24) is 4.31 Å². The zero-order valence-corrected chi connectivity index (χ0v) is 8.73. The fourth-order valence-electron chi connectivity index (χ4n) is 1.44. The maximum Gasteiger partial charge on any atom is 0.392 e. The maximum atomic E-state index is 12.2. The Balaban J connectivity index is 2.77. The summed E-state index contributed by atoms with van der Waals surface area (Å²) in [6.07, 6.45) is -4.77. The number of halogens is 3. The van der Waals surface area contributed by atoms with Crippen LogP contribution in [0, 0.1) is 5.92 Å². The second-order valence-corrected chi connectivity index (χ2v) is 5.37. The molecule has 1 amide bonds. The summed E-state index contributed by atoms with van der Waals surface area (Å²) >= 11 is 0. The van der Waals surface area contributed by atoms with Gasteiger partial charge in [-0.15, -0.1) is 0 Å². The lowest BCUT2D eigenvalue weighted by molar-refractivity contribution is -0.186. The van der Waals surface area contributed by atoms with E-state index in [4.69, 9.17) is 0 Å². The van der Waals surface area contributed by atoms with Crippen LogP contribution in [0.1, 0.15) is 12.8 Å². The molecule has 0 aromatic rings. The molecule has 88 valence electrons. The summed E-state index contributed by atoms with van der Waals surface area (Å²) in [6, 6.07) is 0. The summed E-state index contributed by atoms with van der Waals surface area (Å²) < 4.78 is 59.1. The van der Waals surface area contributed by atoms with Crippen LogP contribution < -0.4 is 0 Å². The second-order valence-electron chi connectivity index (χ2n) is 3.46. The van der Waals surface area contributed by atoms with Crippen LogP contribution in [0.2, 0.25) is 0 Å². The van der Waals surface area contributed by atoms with Gasteiger partial charge in [0.25, 0.3) is 0 Å². The average molecular weight is 245 g/mol. The molecule has 1 heterocycles. The molecule has 0 bridgehead atoms. The lowest BCUT2D eigenvalue weighted by Crippen LogP contribution is -2.45. The highest BCUT2D eigenvalue weighted by Gasteiger charge is 2.45. The van der Waals surface area contributed by atoms with Gasteiger partial charge < -0.3 is 0 Å². The van der Waals surface area contributed by atoms with E-state index in [1.54, 1.807) is 0 Å². The first kappa shape index (κ1) is 12.3. The van der Waals surface area contributed by atoms with E-state index >= 15 is 0 Å². The SMILES string of the molecule is CS(=O)(=O)N1CCC(C(F)(F)F)CC1=O. The number of carbonyl (C=O) groups is 1. The molecule has 15 heavy (non-hydrogen) atoms. The highest BCUT2D eigenvalue weighted by atomic mass is 32.2. The van der Waals surface area contributed by atoms with E-state index < -0.39 is 34.4 Å². The molecule has 1 aliphatic heterocycles. The van der Waals surface area contributed by atoms with Gasteiger partial charge in [-0.1, -0.05) is 0 Å². The van der Waals surface area contributed by atoms with Crippen LogP contribution in [0.15, 0.2) is 0 Å². The molecule has 1 atom stereocenters. The minimum Gasteiger partial charge on any atom is -0.274 e. The zero-order valence-electron chi connectivity index (χ0n) is 7.91. The van der Waals surface area contributed by atoms with E-state index in [1.807, 2.05) is 0 Å². The van der Waals surface area contributed by atoms with E-state index in [1.165, 1.54) is 0 Å². The summed E-state index contributed by atoms with van der Waals surface area (Å²) in [5, 5.41) is 0. The lowest BCUT2D eigenvalue weighted by atomic mass is 9.97. The van der Waals surface area contributed by atoms with Crippen molar-refractivity contribution in [3.8, 4) is 0 Å². The molecular weight excluding hydrogens is 235 g/mol. The monoisotopic (exact) mass is 245 g/mol. The molecule has 0 aliphatic carbocycles. The van der Waals surface area contributed by atoms with Crippen molar-refractivity contribution in [2.75, 3.05) is 12.8 Å². The molecule has 0 saturated carbocycles. The van der Waals surface area contributed by atoms with Gasteiger partial charge in [0.2, 0.25) is 15.9 Å². The van der Waals surface area contributed by atoms with Crippen molar-refractivity contribution >= 4 is 15.9 Å². The van der Waals surface area contributed by atoms with Gasteiger partial charge in [0.1, 0.15) is 0 Å². The zero-order chi connectivity index (χ0) is 11.9. The first-order valence-corrected chi connectivity index (χ1v) is 6.04. The Labute approximate surface area is 85.1 Å². The Bertz CT molecular complexity index is 362. The molecule has 0 spiro atoms. The number of piperidine rings is 1. The molecule has 1 rings (SSSR count). The summed E-state index contributed by atoms with van der Waals surface area (Å²) in [6.45, 7) is -0.387. The fourth-order valence-corrected chi connectivity index (χ4v) is 2.32. The fraction of sp³-hybridized carbons (Fsp3) is 0.857. The van der Waals surface area contributed by atoms with Gasteiger partial charge >= 0.3 is 6.18 Å². The molecule has 0 aromatic carbocycles. The quantitative estimate of drug-likeness (QED) is 0.685. The number of rotatable bonds is 1. The first-order chi connectivity index (χ1) is 6.62. The van der Waals surface area contributed by atoms with Crippen LogP contribution in [0.3, 0.4) is 0 Å². The second kappa shape index (κ2) is 3.66. The third-order valence-electron chi connectivity index (χ3n) is 2.24. The standard InChI is InChI=1S/C7H10F3NO3S/c1-15(13,14)11-3-2-5(4-6(11)12)7(8,9)10/h5H,2-4H2,1H3. The largest absolute Gasteiger partial charge is 0.392 e. The third-order valence-corrected chi connectivity index (χ3v) is 3.43. The Morgan fingerprint density at radius 1 is 1.40 bits per heavy atom. The summed E-state index contributed by atoms with van der Waals surface area (Å²) in [4.78, 5) is 11.1. The summed E-state index contributed by atoms with van der Waals surface area (Å²) in [5.41, 5.74) is 0. The minimum atomic E-state index is -4.43. The summed E-state index contributed by atoms with van der Waals surface area (Å²) in [7, 11) is -3.73. The van der Waals surface area contributed by atoms with Crippen LogP contribution in [-0.2, 0) is 14.8 Å². The van der Waals surface area contributed by atoms with Crippen molar-refractivity contribution in [3.05, 3.63) is 0 Å². The van der Waals surface area contributed by atoms with E-state index in [0.29, 0.717) is 4.31 Å². The normalized spacial score (nSPS) is 24.4. The molecule has 0 radical (unpaired) electrons. The number of sulfonamides is 1. The molecule has 1 aliphatic rings. The lowest BCUT2D eigenvalue weighted by Gasteiger charge is -2.30. The van der Waals surface area contributed by atoms with E-state index in [2.05, 4.69) is 0 Å². The number of hydrogen-bond donors (Lipinski definition) is 0. The highest BCUT2D eigenvalue weighted by molar-refractivity contribution is 7.88. The predicted molar refractivity (Wildman–Crippen MR) is 45.3 cm³/mol. The van der Waals surface area contributed by atoms with Gasteiger partial charge in [-0.2, -0.15) is 13.2 Å². The van der Waals surface area contributed by atoms with Gasteiger partial charge in [-0.3, -0.25) is 4.79 Å². The number of amides is 1. The van der Waals surface area contributed by atoms with Crippen LogP contribution >= 0.6 is 0 Å². The number of alkyl halides is 3. The molecule has 0 aromatic heterocycles. The molecule has 1 fully saturated rings. The highest BCUT2D eigenvalue weighted by Crippen LogP contribution is 2.35. The predicted octanol–water partition coefficient (Wildman–Crippen LogP) is 0.747. The average Bonchev–Trinajstić information content (AvgIpc) is 1.99. The van der Waals surface area contributed by atoms with Gasteiger partial charge in [0.05, 0.1) is 12.2 Å². The van der Waals surface area contributed by atoms with E-state index in [0.717, 1.165) is 6.26 Å². The number of hydrogen-bond acceptors (Lipinski definition) is 3. The molecule has 0 N–H and O–H groups in total. The topological polar surface area (TPSA) is 54.5 Å². The van der Waals surface area contributed by atoms with E-state index in [-0.39, 0.29) is 13.0 Å². The van der Waals surface area contributed by atoms with Crippen molar-refractivity contribution < 1.29 is 26.4 Å². The number of nitrogens with zero attached hydrogens (tertiary/aromatic N) is 1. The minimum absolute atomic E-state index is 0.359. The van der Waals surface area contributed by atoms with Crippen molar-refractivity contribution in [1.29, 1.82) is 0 Å². The van der Waals surface area contributed by atoms with Crippen molar-refractivity contribution in [2.45, 2.75) is 19.0 Å². The third kappa shape index (κ3) is 2.83. The Kier molecular flexibility index (Phi) is 2.99. The molecule has 4 nitrogen and oxygen atoms in total. The van der Waals surface area contributed by atoms with Crippen LogP contribution in [0.4, 0.5) is 13.2 Å². The van der Waals surface area contributed by atoms with Crippen molar-refractivity contribution in [3.63, 3.8) is 0 Å². The smallest absolute Gasteiger partial charge is 0.274 e. The van der Waals surface area contributed by atoms with Gasteiger partial charge in [0.15, 0.2) is 0 Å². The maximum absolute atomic E-state index is 12.2. The molecule has 1 saturated heterocycles. The van der Waals surface area contributed by atoms with Crippen LogP contribution in [0.5, 0.6) is 0 Å². The van der Waals surface area contributed by atoms with Crippen LogP contribution in [0.25, 0.3) is 0 Å². The van der Waals surface area contributed by atoms with Gasteiger partial charge in [-0.05, 0) is 6.42 Å². The summed E-state index contributed by atoms with van der Waals surface area (Å²) in [5.74, 6) is -2.70. The van der Waals surface area contributed by atoms with E-state index in [9.17, 15) is 26.4 Å². The van der Waals surface area contributed by atoms with Crippen LogP contribution in [-0.4, -0.2) is 37.6 Å². The van der Waals surface area contributed by atoms with Gasteiger partial charge in [0, 0.05) is 13.0 Å². The Morgan fingerprint density at radius 3 is 2.27 bits per heavy atom. The number of carbonyl (C=O) groups excluding carboxylic acids is 1. The van der Waals surface area contributed by atoms with Gasteiger partial charge in [-0.25, -0.2) is 12.7 Å². The Hall–Kier alpha value is -0.790. The Morgan fingerprint density at radius 2 is 1.93 bits per heavy atom. The molecule has 1 unspecified atom stereocenters. The van der Waals surface area contributed by atoms with Crippen molar-refractivity contribution in [2.24, 2.45) is 5.92 Å². The first-order valence-electron chi connectivity index (χ1n) is 4.19. The molecular formula is C7H10F3NO3S.